The molecule has 0 aliphatic heterocycles. The Kier molecular flexibility index (Phi) is 6.48. The summed E-state index contributed by atoms with van der Waals surface area (Å²) in [5.41, 5.74) is 7.32. The van der Waals surface area contributed by atoms with Crippen LogP contribution in [0.1, 0.15) is 24.5 Å². The number of hydrogen-bond acceptors (Lipinski definition) is 2. The molecule has 0 aliphatic rings. The van der Waals surface area contributed by atoms with Crippen molar-refractivity contribution in [2.45, 2.75) is 19.9 Å². The van der Waals surface area contributed by atoms with Gasteiger partial charge in [0, 0.05) is 25.7 Å². The van der Waals surface area contributed by atoms with Gasteiger partial charge in [-0.2, -0.15) is 0 Å². The third kappa shape index (κ3) is 5.45. The van der Waals surface area contributed by atoms with Crippen LogP contribution in [0.25, 0.3) is 0 Å². The molecule has 0 fully saturated rings. The van der Waals surface area contributed by atoms with Gasteiger partial charge in [0.2, 0.25) is 0 Å². The van der Waals surface area contributed by atoms with Gasteiger partial charge in [0.25, 0.3) is 0 Å². The van der Waals surface area contributed by atoms with Crippen LogP contribution in [0.5, 0.6) is 0 Å². The van der Waals surface area contributed by atoms with Crippen LogP contribution in [0.3, 0.4) is 0 Å². The van der Waals surface area contributed by atoms with Crippen molar-refractivity contribution in [3.05, 3.63) is 35.4 Å². The van der Waals surface area contributed by atoms with Gasteiger partial charge < -0.3 is 16.0 Å². The summed E-state index contributed by atoms with van der Waals surface area (Å²) in [5.74, 6) is 5.81. The highest BCUT2D eigenvalue weighted by atomic mass is 16.2. The van der Waals surface area contributed by atoms with Gasteiger partial charge in [-0.15, -0.1) is 0 Å². The summed E-state index contributed by atoms with van der Waals surface area (Å²) in [6, 6.07) is 7.78. The van der Waals surface area contributed by atoms with E-state index in [9.17, 15) is 4.79 Å². The van der Waals surface area contributed by atoms with Crippen molar-refractivity contribution in [3.63, 3.8) is 0 Å². The van der Waals surface area contributed by atoms with Crippen LogP contribution in [0, 0.1) is 11.8 Å². The summed E-state index contributed by atoms with van der Waals surface area (Å²) in [4.78, 5) is 13.4. The van der Waals surface area contributed by atoms with Gasteiger partial charge in [-0.3, -0.25) is 0 Å². The molecule has 0 aromatic heterocycles. The van der Waals surface area contributed by atoms with E-state index < -0.39 is 0 Å². The smallest absolute Gasteiger partial charge is 0.317 e. The van der Waals surface area contributed by atoms with Gasteiger partial charge in [0.05, 0.1) is 6.54 Å². The van der Waals surface area contributed by atoms with Gasteiger partial charge >= 0.3 is 6.03 Å². The average molecular weight is 259 g/mol. The Bertz CT molecular complexity index is 474. The highest BCUT2D eigenvalue weighted by Crippen LogP contribution is 2.07. The van der Waals surface area contributed by atoms with Crippen LogP contribution < -0.4 is 11.1 Å². The SMILES string of the molecule is CCCNC(=O)N(C)Cc1cccc(C#CCN)c1. The third-order valence-corrected chi connectivity index (χ3v) is 2.55. The van der Waals surface area contributed by atoms with E-state index in [1.807, 2.05) is 31.2 Å². The maximum atomic E-state index is 11.7. The molecule has 19 heavy (non-hydrogen) atoms. The van der Waals surface area contributed by atoms with Crippen molar-refractivity contribution in [1.82, 2.24) is 10.2 Å². The second kappa shape index (κ2) is 8.17. The number of nitrogens with two attached hydrogens (primary N) is 1. The number of nitrogens with zero attached hydrogens (tertiary/aromatic N) is 1. The summed E-state index contributed by atoms with van der Waals surface area (Å²) in [7, 11) is 1.78. The third-order valence-electron chi connectivity index (χ3n) is 2.55. The van der Waals surface area contributed by atoms with E-state index in [0.717, 1.165) is 17.5 Å². The van der Waals surface area contributed by atoms with Crippen LogP contribution in [-0.2, 0) is 6.54 Å². The molecule has 0 bridgehead atoms. The van der Waals surface area contributed by atoms with Crippen LogP contribution in [0.4, 0.5) is 4.79 Å². The minimum Gasteiger partial charge on any atom is -0.338 e. The first-order valence-electron chi connectivity index (χ1n) is 6.44. The number of hydrogen-bond donors (Lipinski definition) is 2. The maximum absolute atomic E-state index is 11.7. The molecule has 0 aliphatic carbocycles. The summed E-state index contributed by atoms with van der Waals surface area (Å²) in [6.45, 7) is 3.64. The molecule has 1 aromatic carbocycles. The number of nitrogens with one attached hydrogen (secondary N) is 1. The first-order valence-corrected chi connectivity index (χ1v) is 6.44. The number of amides is 2. The molecule has 3 N–H and O–H groups in total. The summed E-state index contributed by atoms with van der Waals surface area (Å²) in [5, 5.41) is 2.84. The summed E-state index contributed by atoms with van der Waals surface area (Å²) < 4.78 is 0. The second-order valence-electron chi connectivity index (χ2n) is 4.29. The molecule has 4 nitrogen and oxygen atoms in total. The molecule has 0 unspecified atom stereocenters. The zero-order valence-electron chi connectivity index (χ0n) is 11.6. The van der Waals surface area contributed by atoms with E-state index in [4.69, 9.17) is 5.73 Å². The molecule has 4 heteroatoms. The Labute approximate surface area is 115 Å². The first kappa shape index (κ1) is 15.1. The van der Waals surface area contributed by atoms with Crippen LogP contribution in [0.2, 0.25) is 0 Å². The topological polar surface area (TPSA) is 58.4 Å². The molecular weight excluding hydrogens is 238 g/mol. The van der Waals surface area contributed by atoms with Gasteiger partial charge in [-0.1, -0.05) is 30.9 Å². The number of carbonyl (C=O) groups is 1. The lowest BCUT2D eigenvalue weighted by Crippen LogP contribution is -2.37. The predicted molar refractivity (Wildman–Crippen MR) is 77.5 cm³/mol. The van der Waals surface area contributed by atoms with Crippen molar-refractivity contribution in [2.75, 3.05) is 20.1 Å². The fourth-order valence-electron chi connectivity index (χ4n) is 1.61. The summed E-state index contributed by atoms with van der Waals surface area (Å²) >= 11 is 0. The highest BCUT2D eigenvalue weighted by molar-refractivity contribution is 5.73. The zero-order valence-corrected chi connectivity index (χ0v) is 11.6. The van der Waals surface area contributed by atoms with Crippen LogP contribution in [-0.4, -0.2) is 31.1 Å². The lowest BCUT2D eigenvalue weighted by molar-refractivity contribution is 0.207. The predicted octanol–water partition coefficient (Wildman–Crippen LogP) is 1.55. The van der Waals surface area contributed by atoms with Crippen LogP contribution >= 0.6 is 0 Å². The molecule has 1 rings (SSSR count). The van der Waals surface area contributed by atoms with Crippen molar-refractivity contribution >= 4 is 6.03 Å². The fraction of sp³-hybridized carbons (Fsp3) is 0.400. The number of benzene rings is 1. The largest absolute Gasteiger partial charge is 0.338 e. The molecule has 1 aromatic rings. The molecule has 0 saturated heterocycles. The summed E-state index contributed by atoms with van der Waals surface area (Å²) in [6.07, 6.45) is 0.934. The van der Waals surface area contributed by atoms with E-state index in [1.54, 1.807) is 11.9 Å². The average Bonchev–Trinajstić information content (AvgIpc) is 2.42. The van der Waals surface area contributed by atoms with Crippen molar-refractivity contribution < 1.29 is 4.79 Å². The monoisotopic (exact) mass is 259 g/mol. The van der Waals surface area contributed by atoms with Gasteiger partial charge in [-0.25, -0.2) is 4.79 Å². The molecule has 0 radical (unpaired) electrons. The Balaban J connectivity index is 2.63. The quantitative estimate of drug-likeness (QED) is 0.806. The number of urea groups is 1. The van der Waals surface area contributed by atoms with Crippen molar-refractivity contribution in [3.8, 4) is 11.8 Å². The van der Waals surface area contributed by atoms with E-state index in [-0.39, 0.29) is 6.03 Å². The Morgan fingerprint density at radius 3 is 2.95 bits per heavy atom. The lowest BCUT2D eigenvalue weighted by atomic mass is 10.1. The van der Waals surface area contributed by atoms with E-state index in [2.05, 4.69) is 17.2 Å². The van der Waals surface area contributed by atoms with Gasteiger partial charge in [0.15, 0.2) is 0 Å². The van der Waals surface area contributed by atoms with E-state index in [0.29, 0.717) is 19.6 Å². The van der Waals surface area contributed by atoms with Gasteiger partial charge in [0.1, 0.15) is 0 Å². The molecule has 0 spiro atoms. The maximum Gasteiger partial charge on any atom is 0.317 e. The van der Waals surface area contributed by atoms with E-state index >= 15 is 0 Å². The van der Waals surface area contributed by atoms with Crippen molar-refractivity contribution in [2.24, 2.45) is 5.73 Å². The molecule has 0 saturated carbocycles. The van der Waals surface area contributed by atoms with E-state index in [1.165, 1.54) is 0 Å². The molecule has 102 valence electrons. The van der Waals surface area contributed by atoms with Crippen molar-refractivity contribution in [1.29, 1.82) is 0 Å². The zero-order chi connectivity index (χ0) is 14.1. The standard InChI is InChI=1S/C15H21N3O/c1-3-10-17-15(19)18(2)12-14-7-4-6-13(11-14)8-5-9-16/h4,6-7,11H,3,9-10,12,16H2,1-2H3,(H,17,19). The molecular formula is C15H21N3O. The minimum atomic E-state index is -0.0553. The number of rotatable bonds is 4. The van der Waals surface area contributed by atoms with Crippen LogP contribution in [0.15, 0.2) is 24.3 Å². The Morgan fingerprint density at radius 2 is 2.26 bits per heavy atom. The highest BCUT2D eigenvalue weighted by Gasteiger charge is 2.07. The fourth-order valence-corrected chi connectivity index (χ4v) is 1.61. The van der Waals surface area contributed by atoms with Gasteiger partial charge in [-0.05, 0) is 24.1 Å². The minimum absolute atomic E-state index is 0.0553. The molecule has 0 heterocycles. The normalized spacial score (nSPS) is 9.42. The first-order chi connectivity index (χ1) is 9.17. The molecule has 2 amide bonds. The second-order valence-corrected chi connectivity index (χ2v) is 4.29. The number of carbonyl (C=O) groups excluding carboxylic acids is 1. The molecule has 0 atom stereocenters. The lowest BCUT2D eigenvalue weighted by Gasteiger charge is -2.17. The Hall–Kier alpha value is -1.99. The Morgan fingerprint density at radius 1 is 1.47 bits per heavy atom.